The Bertz CT molecular complexity index is 382. The number of nitrogens with one attached hydrogen (secondary N) is 1. The summed E-state index contributed by atoms with van der Waals surface area (Å²) in [5, 5.41) is 7.48. The molecule has 1 atom stereocenters. The molecule has 2 fully saturated rings. The number of likely N-dealkylation sites (N-methyl/N-ethyl adjacent to an activating group) is 1. The highest BCUT2D eigenvalue weighted by Gasteiger charge is 2.31. The van der Waals surface area contributed by atoms with Crippen molar-refractivity contribution in [2.45, 2.75) is 44.6 Å². The maximum atomic E-state index is 5.39. The van der Waals surface area contributed by atoms with E-state index >= 15 is 0 Å². The summed E-state index contributed by atoms with van der Waals surface area (Å²) in [6.45, 7) is 2.13. The first kappa shape index (κ1) is 12.0. The minimum atomic E-state index is 0.500. The van der Waals surface area contributed by atoms with Gasteiger partial charge in [0.15, 0.2) is 0 Å². The first-order valence-electron chi connectivity index (χ1n) is 7.11. The maximum Gasteiger partial charge on any atom is 0.266 e. The molecule has 2 aliphatic rings. The van der Waals surface area contributed by atoms with E-state index in [1.165, 1.54) is 32.1 Å². The molecule has 1 N–H and O–H groups in total. The normalized spacial score (nSPS) is 22.2. The van der Waals surface area contributed by atoms with Crippen LogP contribution in [-0.2, 0) is 6.42 Å². The molecular formula is C13H22N4O. The van der Waals surface area contributed by atoms with Gasteiger partial charge in [-0.05, 0) is 50.2 Å². The fraction of sp³-hybridized carbons (Fsp3) is 0.846. The van der Waals surface area contributed by atoms with Gasteiger partial charge in [-0.25, -0.2) is 0 Å². The molecule has 0 aromatic carbocycles. The van der Waals surface area contributed by atoms with Crippen molar-refractivity contribution in [2.75, 3.05) is 25.0 Å². The van der Waals surface area contributed by atoms with Crippen molar-refractivity contribution < 1.29 is 4.52 Å². The van der Waals surface area contributed by atoms with Crippen LogP contribution in [-0.4, -0.2) is 36.3 Å². The monoisotopic (exact) mass is 250 g/mol. The highest BCUT2D eigenvalue weighted by atomic mass is 16.5. The Morgan fingerprint density at radius 3 is 2.78 bits per heavy atom. The van der Waals surface area contributed by atoms with Gasteiger partial charge < -0.3 is 14.7 Å². The second kappa shape index (κ2) is 5.26. The fourth-order valence-corrected chi connectivity index (χ4v) is 2.74. The molecule has 100 valence electrons. The number of aromatic nitrogens is 2. The molecule has 1 aliphatic heterocycles. The Morgan fingerprint density at radius 1 is 1.33 bits per heavy atom. The Labute approximate surface area is 108 Å². The summed E-state index contributed by atoms with van der Waals surface area (Å²) in [5.74, 6) is 2.37. The van der Waals surface area contributed by atoms with Gasteiger partial charge in [0, 0.05) is 25.6 Å². The zero-order valence-corrected chi connectivity index (χ0v) is 11.1. The molecule has 1 aromatic rings. The molecule has 0 spiro atoms. The van der Waals surface area contributed by atoms with Crippen molar-refractivity contribution in [3.63, 3.8) is 0 Å². The minimum absolute atomic E-state index is 0.500. The summed E-state index contributed by atoms with van der Waals surface area (Å²) in [7, 11) is 2.02. The SMILES string of the molecule is CNC(Cc1nc(N2CCCCC2)no1)C1CC1. The van der Waals surface area contributed by atoms with Crippen LogP contribution in [0.15, 0.2) is 4.52 Å². The van der Waals surface area contributed by atoms with E-state index in [1.807, 2.05) is 7.05 Å². The van der Waals surface area contributed by atoms with Gasteiger partial charge in [-0.15, -0.1) is 0 Å². The zero-order chi connectivity index (χ0) is 12.4. The van der Waals surface area contributed by atoms with E-state index < -0.39 is 0 Å². The molecule has 1 unspecified atom stereocenters. The van der Waals surface area contributed by atoms with Gasteiger partial charge in [0.2, 0.25) is 5.89 Å². The third-order valence-corrected chi connectivity index (χ3v) is 4.05. The van der Waals surface area contributed by atoms with E-state index in [0.717, 1.165) is 37.3 Å². The summed E-state index contributed by atoms with van der Waals surface area (Å²) in [4.78, 5) is 6.78. The molecule has 1 aromatic heterocycles. The van der Waals surface area contributed by atoms with Crippen LogP contribution in [0.3, 0.4) is 0 Å². The average Bonchev–Trinajstić information content (AvgIpc) is 3.16. The third-order valence-electron chi connectivity index (χ3n) is 4.05. The van der Waals surface area contributed by atoms with E-state index in [-0.39, 0.29) is 0 Å². The van der Waals surface area contributed by atoms with Crippen LogP contribution in [0, 0.1) is 5.92 Å². The summed E-state index contributed by atoms with van der Waals surface area (Å²) in [5.41, 5.74) is 0. The number of anilines is 1. The number of hydrogen-bond acceptors (Lipinski definition) is 5. The summed E-state index contributed by atoms with van der Waals surface area (Å²) in [6, 6.07) is 0.500. The fourth-order valence-electron chi connectivity index (χ4n) is 2.74. The molecule has 1 aliphatic carbocycles. The summed E-state index contributed by atoms with van der Waals surface area (Å²) in [6.07, 6.45) is 7.33. The van der Waals surface area contributed by atoms with E-state index in [2.05, 4.69) is 20.4 Å². The molecule has 1 saturated heterocycles. The van der Waals surface area contributed by atoms with Crippen LogP contribution < -0.4 is 10.2 Å². The van der Waals surface area contributed by atoms with Crippen LogP contribution in [0.5, 0.6) is 0 Å². The van der Waals surface area contributed by atoms with Crippen molar-refractivity contribution >= 4 is 5.95 Å². The highest BCUT2D eigenvalue weighted by Crippen LogP contribution is 2.33. The molecule has 0 amide bonds. The van der Waals surface area contributed by atoms with Crippen LogP contribution >= 0.6 is 0 Å². The van der Waals surface area contributed by atoms with Crippen molar-refractivity contribution in [2.24, 2.45) is 5.92 Å². The lowest BCUT2D eigenvalue weighted by molar-refractivity contribution is 0.351. The van der Waals surface area contributed by atoms with Gasteiger partial charge in [-0.2, -0.15) is 4.98 Å². The Morgan fingerprint density at radius 2 is 2.11 bits per heavy atom. The number of nitrogens with zero attached hydrogens (tertiary/aromatic N) is 3. The van der Waals surface area contributed by atoms with Crippen LogP contribution in [0.2, 0.25) is 0 Å². The quantitative estimate of drug-likeness (QED) is 0.860. The lowest BCUT2D eigenvalue weighted by Crippen LogP contribution is -2.31. The van der Waals surface area contributed by atoms with Gasteiger partial charge >= 0.3 is 0 Å². The van der Waals surface area contributed by atoms with Gasteiger partial charge in [-0.3, -0.25) is 0 Å². The molecule has 5 nitrogen and oxygen atoms in total. The van der Waals surface area contributed by atoms with Crippen LogP contribution in [0.1, 0.15) is 38.0 Å². The molecule has 0 radical (unpaired) electrons. The number of piperidine rings is 1. The van der Waals surface area contributed by atoms with E-state index in [9.17, 15) is 0 Å². The lowest BCUT2D eigenvalue weighted by Gasteiger charge is -2.24. The van der Waals surface area contributed by atoms with Crippen LogP contribution in [0.25, 0.3) is 0 Å². The van der Waals surface area contributed by atoms with E-state index in [4.69, 9.17) is 4.52 Å². The largest absolute Gasteiger partial charge is 0.338 e. The molecular weight excluding hydrogens is 228 g/mol. The molecule has 1 saturated carbocycles. The van der Waals surface area contributed by atoms with Crippen molar-refractivity contribution in [3.8, 4) is 0 Å². The predicted octanol–water partition coefficient (Wildman–Crippen LogP) is 1.60. The second-order valence-electron chi connectivity index (χ2n) is 5.47. The second-order valence-corrected chi connectivity index (χ2v) is 5.47. The standard InChI is InChI=1S/C13H22N4O/c1-14-11(10-5-6-10)9-12-15-13(16-18-12)17-7-3-2-4-8-17/h10-11,14H,2-9H2,1H3. The summed E-state index contributed by atoms with van der Waals surface area (Å²) >= 11 is 0. The van der Waals surface area contributed by atoms with E-state index in [0.29, 0.717) is 6.04 Å². The summed E-state index contributed by atoms with van der Waals surface area (Å²) < 4.78 is 5.39. The van der Waals surface area contributed by atoms with Crippen molar-refractivity contribution in [1.29, 1.82) is 0 Å². The minimum Gasteiger partial charge on any atom is -0.338 e. The molecule has 3 rings (SSSR count). The molecule has 5 heteroatoms. The third kappa shape index (κ3) is 2.66. The van der Waals surface area contributed by atoms with Gasteiger partial charge in [0.25, 0.3) is 5.95 Å². The number of rotatable bonds is 5. The maximum absolute atomic E-state index is 5.39. The highest BCUT2D eigenvalue weighted by molar-refractivity contribution is 5.28. The average molecular weight is 250 g/mol. The van der Waals surface area contributed by atoms with Gasteiger partial charge in [-0.1, -0.05) is 0 Å². The first-order valence-corrected chi connectivity index (χ1v) is 7.11. The first-order chi connectivity index (χ1) is 8.86. The smallest absolute Gasteiger partial charge is 0.266 e. The van der Waals surface area contributed by atoms with Crippen LogP contribution in [0.4, 0.5) is 5.95 Å². The van der Waals surface area contributed by atoms with Gasteiger partial charge in [0.1, 0.15) is 0 Å². The molecule has 18 heavy (non-hydrogen) atoms. The predicted molar refractivity (Wildman–Crippen MR) is 69.6 cm³/mol. The van der Waals surface area contributed by atoms with Gasteiger partial charge in [0.05, 0.1) is 0 Å². The zero-order valence-electron chi connectivity index (χ0n) is 11.1. The lowest BCUT2D eigenvalue weighted by atomic mass is 10.1. The molecule has 2 heterocycles. The topological polar surface area (TPSA) is 54.2 Å². The Hall–Kier alpha value is -1.10. The molecule has 0 bridgehead atoms. The Balaban J connectivity index is 1.61. The van der Waals surface area contributed by atoms with Crippen molar-refractivity contribution in [3.05, 3.63) is 5.89 Å². The Kier molecular flexibility index (Phi) is 3.50. The van der Waals surface area contributed by atoms with E-state index in [1.54, 1.807) is 0 Å². The number of hydrogen-bond donors (Lipinski definition) is 1. The van der Waals surface area contributed by atoms with Crippen molar-refractivity contribution in [1.82, 2.24) is 15.5 Å².